The predicted molar refractivity (Wildman–Crippen MR) is 126 cm³/mol. The average Bonchev–Trinajstić information content (AvgIpc) is 3.52. The standard InChI is InChI=1S/C26H32O11/c1-32-18-7-12(3-5-16(18)28)24-14-10-35-25(15(14)11-34-24)13-4-6-17(19(8-13)33-2)36-26-23(31)22(30)21(29)20(9-27)37-26/h3-8,14-15,20-31H,9-11H2,1-2H3/t14-,15-,20-,21-,22+,23-,24-,25-,26-/m0/s1. The molecule has 0 amide bonds. The van der Waals surface area contributed by atoms with Gasteiger partial charge in [0.15, 0.2) is 23.0 Å². The molecule has 0 aromatic heterocycles. The van der Waals surface area contributed by atoms with Gasteiger partial charge in [0.05, 0.1) is 46.2 Å². The van der Waals surface area contributed by atoms with Crippen molar-refractivity contribution >= 4 is 0 Å². The highest BCUT2D eigenvalue weighted by molar-refractivity contribution is 5.45. The van der Waals surface area contributed by atoms with Crippen molar-refractivity contribution in [3.63, 3.8) is 0 Å². The summed E-state index contributed by atoms with van der Waals surface area (Å²) in [6, 6.07) is 10.5. The number of aliphatic hydroxyl groups is 4. The van der Waals surface area contributed by atoms with Crippen LogP contribution < -0.4 is 14.2 Å². The molecule has 11 nitrogen and oxygen atoms in total. The minimum absolute atomic E-state index is 0.0689. The van der Waals surface area contributed by atoms with Crippen LogP contribution in [-0.2, 0) is 14.2 Å². The summed E-state index contributed by atoms with van der Waals surface area (Å²) in [5.74, 6) is 1.27. The fraction of sp³-hybridized carbons (Fsp3) is 0.538. The molecule has 3 fully saturated rings. The van der Waals surface area contributed by atoms with Gasteiger partial charge in [0.1, 0.15) is 24.4 Å². The van der Waals surface area contributed by atoms with Gasteiger partial charge in [-0.05, 0) is 35.4 Å². The van der Waals surface area contributed by atoms with Crippen LogP contribution in [0, 0.1) is 11.8 Å². The highest BCUT2D eigenvalue weighted by Gasteiger charge is 2.49. The van der Waals surface area contributed by atoms with E-state index in [0.717, 1.165) is 11.1 Å². The lowest BCUT2D eigenvalue weighted by atomic mass is 9.85. The monoisotopic (exact) mass is 520 g/mol. The Labute approximate surface area is 213 Å². The Bertz CT molecular complexity index is 1090. The number of fused-ring (bicyclic) bond motifs is 1. The molecule has 202 valence electrons. The van der Waals surface area contributed by atoms with Crippen LogP contribution in [0.4, 0.5) is 0 Å². The summed E-state index contributed by atoms with van der Waals surface area (Å²) in [7, 11) is 2.98. The summed E-state index contributed by atoms with van der Waals surface area (Å²) in [4.78, 5) is 0. The third-order valence-electron chi connectivity index (χ3n) is 7.40. The normalized spacial score (nSPS) is 35.2. The maximum Gasteiger partial charge on any atom is 0.229 e. The van der Waals surface area contributed by atoms with Gasteiger partial charge in [0.2, 0.25) is 6.29 Å². The summed E-state index contributed by atoms with van der Waals surface area (Å²) < 4.78 is 34.3. The number of hydrogen-bond donors (Lipinski definition) is 5. The number of aliphatic hydroxyl groups excluding tert-OH is 4. The van der Waals surface area contributed by atoms with Crippen LogP contribution in [0.2, 0.25) is 0 Å². The number of aromatic hydroxyl groups is 1. The number of rotatable bonds is 7. The molecule has 0 spiro atoms. The average molecular weight is 521 g/mol. The molecule has 5 N–H and O–H groups in total. The molecule has 2 aromatic rings. The first-order valence-corrected chi connectivity index (χ1v) is 12.1. The molecule has 0 saturated carbocycles. The lowest BCUT2D eigenvalue weighted by molar-refractivity contribution is -0.277. The van der Waals surface area contributed by atoms with Crippen molar-refractivity contribution in [1.29, 1.82) is 0 Å². The van der Waals surface area contributed by atoms with Gasteiger partial charge >= 0.3 is 0 Å². The van der Waals surface area contributed by atoms with Gasteiger partial charge in [-0.3, -0.25) is 0 Å². The molecule has 5 rings (SSSR count). The zero-order valence-corrected chi connectivity index (χ0v) is 20.5. The van der Waals surface area contributed by atoms with Crippen molar-refractivity contribution in [2.75, 3.05) is 34.0 Å². The summed E-state index contributed by atoms with van der Waals surface area (Å²) in [6.45, 7) is 0.436. The van der Waals surface area contributed by atoms with Crippen LogP contribution in [0.1, 0.15) is 23.3 Å². The van der Waals surface area contributed by atoms with E-state index in [9.17, 15) is 25.5 Å². The van der Waals surface area contributed by atoms with Crippen molar-refractivity contribution in [1.82, 2.24) is 0 Å². The summed E-state index contributed by atoms with van der Waals surface area (Å²) in [5.41, 5.74) is 1.77. The first-order valence-electron chi connectivity index (χ1n) is 12.1. The third-order valence-corrected chi connectivity index (χ3v) is 7.40. The molecule has 2 aromatic carbocycles. The number of phenols is 1. The molecule has 3 heterocycles. The molecule has 0 unspecified atom stereocenters. The van der Waals surface area contributed by atoms with Gasteiger partial charge in [-0.25, -0.2) is 0 Å². The van der Waals surface area contributed by atoms with Crippen LogP contribution in [-0.4, -0.2) is 90.3 Å². The van der Waals surface area contributed by atoms with Crippen molar-refractivity contribution in [3.8, 4) is 23.0 Å². The van der Waals surface area contributed by atoms with E-state index in [4.69, 9.17) is 28.4 Å². The maximum absolute atomic E-state index is 10.3. The van der Waals surface area contributed by atoms with E-state index in [1.165, 1.54) is 14.2 Å². The second-order valence-corrected chi connectivity index (χ2v) is 9.49. The molecule has 0 bridgehead atoms. The zero-order valence-electron chi connectivity index (χ0n) is 20.5. The third kappa shape index (κ3) is 4.72. The minimum atomic E-state index is -1.55. The van der Waals surface area contributed by atoms with Gasteiger partial charge in [-0.1, -0.05) is 12.1 Å². The smallest absolute Gasteiger partial charge is 0.229 e. The molecule has 11 heteroatoms. The lowest BCUT2D eigenvalue weighted by Crippen LogP contribution is -2.60. The van der Waals surface area contributed by atoms with Gasteiger partial charge < -0.3 is 54.0 Å². The minimum Gasteiger partial charge on any atom is -0.504 e. The predicted octanol–water partition coefficient (Wildman–Crippen LogP) is 0.663. The summed E-state index contributed by atoms with van der Waals surface area (Å²) in [5, 5.41) is 49.7. The van der Waals surface area contributed by atoms with Crippen molar-refractivity contribution in [3.05, 3.63) is 47.5 Å². The fourth-order valence-corrected chi connectivity index (χ4v) is 5.35. The van der Waals surface area contributed by atoms with E-state index in [1.54, 1.807) is 24.3 Å². The van der Waals surface area contributed by atoms with Crippen LogP contribution in [0.3, 0.4) is 0 Å². The van der Waals surface area contributed by atoms with Gasteiger partial charge in [-0.2, -0.15) is 0 Å². The van der Waals surface area contributed by atoms with E-state index in [2.05, 4.69) is 0 Å². The van der Waals surface area contributed by atoms with Crippen LogP contribution in [0.15, 0.2) is 36.4 Å². The molecule has 3 aliphatic rings. The Morgan fingerprint density at radius 3 is 1.97 bits per heavy atom. The van der Waals surface area contributed by atoms with Crippen molar-refractivity contribution in [2.45, 2.75) is 42.9 Å². The molecule has 37 heavy (non-hydrogen) atoms. The number of hydrogen-bond acceptors (Lipinski definition) is 11. The van der Waals surface area contributed by atoms with Crippen molar-refractivity contribution in [2.24, 2.45) is 11.8 Å². The Hall–Kier alpha value is -2.64. The number of benzene rings is 2. The topological polar surface area (TPSA) is 157 Å². The molecule has 0 aliphatic carbocycles. The van der Waals surface area contributed by atoms with E-state index in [0.29, 0.717) is 24.7 Å². The van der Waals surface area contributed by atoms with E-state index < -0.39 is 37.3 Å². The fourth-order valence-electron chi connectivity index (χ4n) is 5.35. The highest BCUT2D eigenvalue weighted by atomic mass is 16.7. The van der Waals surface area contributed by atoms with Crippen LogP contribution >= 0.6 is 0 Å². The van der Waals surface area contributed by atoms with Gasteiger partial charge in [0, 0.05) is 11.8 Å². The molecular weight excluding hydrogens is 488 g/mol. The molecule has 3 saturated heterocycles. The van der Waals surface area contributed by atoms with E-state index in [-0.39, 0.29) is 35.5 Å². The lowest BCUT2D eigenvalue weighted by Gasteiger charge is -2.39. The maximum atomic E-state index is 10.3. The Morgan fingerprint density at radius 2 is 1.38 bits per heavy atom. The quantitative estimate of drug-likeness (QED) is 0.349. The number of phenolic OH excluding ortho intramolecular Hbond substituents is 1. The van der Waals surface area contributed by atoms with E-state index in [1.807, 2.05) is 12.1 Å². The van der Waals surface area contributed by atoms with Crippen LogP contribution in [0.5, 0.6) is 23.0 Å². The zero-order chi connectivity index (χ0) is 26.3. The molecule has 0 radical (unpaired) electrons. The first kappa shape index (κ1) is 26.0. The van der Waals surface area contributed by atoms with Gasteiger partial charge in [-0.15, -0.1) is 0 Å². The molecule has 3 aliphatic heterocycles. The number of ether oxygens (including phenoxy) is 6. The SMILES string of the molecule is COc1cc([C@@H]2OC[C@H]3[C@@H]2CO[C@H]3c2ccc(O[C@H]3O[C@@H](CO)[C@H](O)[C@@H](O)[C@@H]3O)c(OC)c2)ccc1O. The Balaban J connectivity index is 1.32. The first-order chi connectivity index (χ1) is 17.9. The molecule has 9 atom stereocenters. The second kappa shape index (κ2) is 10.6. The van der Waals surface area contributed by atoms with Crippen LogP contribution in [0.25, 0.3) is 0 Å². The summed E-state index contributed by atoms with van der Waals surface area (Å²) >= 11 is 0. The van der Waals surface area contributed by atoms with Crippen molar-refractivity contribution < 1.29 is 54.0 Å². The van der Waals surface area contributed by atoms with Gasteiger partial charge in [0.25, 0.3) is 0 Å². The summed E-state index contributed by atoms with van der Waals surface area (Å²) in [6.07, 6.45) is -7.41. The highest BCUT2D eigenvalue weighted by Crippen LogP contribution is 2.51. The largest absolute Gasteiger partial charge is 0.504 e. The van der Waals surface area contributed by atoms with E-state index >= 15 is 0 Å². The molecular formula is C26H32O11. The Morgan fingerprint density at radius 1 is 0.784 bits per heavy atom. The number of methoxy groups -OCH3 is 2. The Kier molecular flexibility index (Phi) is 7.46. The second-order valence-electron chi connectivity index (χ2n) is 9.49.